The van der Waals surface area contributed by atoms with Crippen molar-refractivity contribution in [3.63, 3.8) is 0 Å². The Morgan fingerprint density at radius 1 is 1.29 bits per heavy atom. The van der Waals surface area contributed by atoms with Crippen LogP contribution in [0.4, 0.5) is 10.2 Å². The molecule has 4 heteroatoms. The molecular formula is C13H14FN3. The van der Waals surface area contributed by atoms with E-state index in [1.54, 1.807) is 18.3 Å². The van der Waals surface area contributed by atoms with Crippen LogP contribution in [-0.4, -0.2) is 10.2 Å². The number of benzene rings is 1. The molecular weight excluding hydrogens is 217 g/mol. The Bertz CT molecular complexity index is 514. The van der Waals surface area contributed by atoms with E-state index in [0.717, 1.165) is 5.56 Å². The van der Waals surface area contributed by atoms with Crippen LogP contribution in [0.1, 0.15) is 24.1 Å². The molecule has 0 spiro atoms. The van der Waals surface area contributed by atoms with Crippen LogP contribution >= 0.6 is 0 Å². The Kier molecular flexibility index (Phi) is 3.32. The summed E-state index contributed by atoms with van der Waals surface area (Å²) in [5.41, 5.74) is 1.64. The highest BCUT2D eigenvalue weighted by molar-refractivity contribution is 5.38. The van der Waals surface area contributed by atoms with Crippen LogP contribution in [0.2, 0.25) is 0 Å². The molecule has 0 radical (unpaired) electrons. The first-order chi connectivity index (χ1) is 8.16. The summed E-state index contributed by atoms with van der Waals surface area (Å²) in [7, 11) is 0. The van der Waals surface area contributed by atoms with Crippen molar-refractivity contribution < 1.29 is 4.39 Å². The quantitative estimate of drug-likeness (QED) is 0.882. The average Bonchev–Trinajstić information content (AvgIpc) is 2.29. The second-order valence-corrected chi connectivity index (χ2v) is 4.01. The SMILES string of the molecule is Cc1cnnc(NC(C)c2ccccc2F)c1. The molecule has 1 atom stereocenters. The number of halogens is 1. The van der Waals surface area contributed by atoms with Gasteiger partial charge in [-0.3, -0.25) is 0 Å². The van der Waals surface area contributed by atoms with Crippen molar-refractivity contribution in [2.45, 2.75) is 19.9 Å². The fourth-order valence-electron chi connectivity index (χ4n) is 1.66. The molecule has 0 saturated carbocycles. The van der Waals surface area contributed by atoms with E-state index in [1.807, 2.05) is 26.0 Å². The summed E-state index contributed by atoms with van der Waals surface area (Å²) in [6.07, 6.45) is 1.68. The predicted molar refractivity (Wildman–Crippen MR) is 65.2 cm³/mol. The maximum absolute atomic E-state index is 13.5. The van der Waals surface area contributed by atoms with Gasteiger partial charge in [0.15, 0.2) is 0 Å². The zero-order valence-electron chi connectivity index (χ0n) is 9.81. The summed E-state index contributed by atoms with van der Waals surface area (Å²) in [6, 6.07) is 8.44. The number of hydrogen-bond donors (Lipinski definition) is 1. The Balaban J connectivity index is 2.17. The van der Waals surface area contributed by atoms with E-state index in [9.17, 15) is 4.39 Å². The number of hydrogen-bond acceptors (Lipinski definition) is 3. The largest absolute Gasteiger partial charge is 0.362 e. The fourth-order valence-corrected chi connectivity index (χ4v) is 1.66. The van der Waals surface area contributed by atoms with E-state index in [-0.39, 0.29) is 11.9 Å². The lowest BCUT2D eigenvalue weighted by atomic mass is 10.1. The summed E-state index contributed by atoms with van der Waals surface area (Å²) >= 11 is 0. The van der Waals surface area contributed by atoms with E-state index in [1.165, 1.54) is 6.07 Å². The van der Waals surface area contributed by atoms with Gasteiger partial charge >= 0.3 is 0 Å². The minimum atomic E-state index is -0.215. The van der Waals surface area contributed by atoms with E-state index in [4.69, 9.17) is 0 Å². The van der Waals surface area contributed by atoms with Crippen LogP contribution in [0.15, 0.2) is 36.5 Å². The molecule has 2 aromatic rings. The molecule has 0 bridgehead atoms. The first-order valence-corrected chi connectivity index (χ1v) is 5.47. The van der Waals surface area contributed by atoms with Crippen molar-refractivity contribution in [2.24, 2.45) is 0 Å². The van der Waals surface area contributed by atoms with Crippen molar-refractivity contribution in [3.8, 4) is 0 Å². The fraction of sp³-hybridized carbons (Fsp3) is 0.231. The van der Waals surface area contributed by atoms with Gasteiger partial charge in [0.25, 0.3) is 0 Å². The number of nitrogens with zero attached hydrogens (tertiary/aromatic N) is 2. The van der Waals surface area contributed by atoms with Crippen LogP contribution in [0.25, 0.3) is 0 Å². The topological polar surface area (TPSA) is 37.8 Å². The molecule has 1 aromatic heterocycles. The van der Waals surface area contributed by atoms with Crippen LogP contribution in [0.5, 0.6) is 0 Å². The van der Waals surface area contributed by atoms with Crippen molar-refractivity contribution >= 4 is 5.82 Å². The zero-order valence-corrected chi connectivity index (χ0v) is 9.81. The molecule has 3 nitrogen and oxygen atoms in total. The van der Waals surface area contributed by atoms with Gasteiger partial charge < -0.3 is 5.32 Å². The molecule has 0 amide bonds. The summed E-state index contributed by atoms with van der Waals surface area (Å²) < 4.78 is 13.5. The summed E-state index contributed by atoms with van der Waals surface area (Å²) in [5, 5.41) is 10.9. The predicted octanol–water partition coefficient (Wildman–Crippen LogP) is 3.10. The Labute approximate surface area is 99.7 Å². The second-order valence-electron chi connectivity index (χ2n) is 4.01. The van der Waals surface area contributed by atoms with Gasteiger partial charge in [0.1, 0.15) is 11.6 Å². The first-order valence-electron chi connectivity index (χ1n) is 5.47. The molecule has 17 heavy (non-hydrogen) atoms. The second kappa shape index (κ2) is 4.91. The van der Waals surface area contributed by atoms with E-state index < -0.39 is 0 Å². The molecule has 1 heterocycles. The highest BCUT2D eigenvalue weighted by atomic mass is 19.1. The smallest absolute Gasteiger partial charge is 0.149 e. The first kappa shape index (κ1) is 11.5. The van der Waals surface area contributed by atoms with Crippen molar-refractivity contribution in [1.82, 2.24) is 10.2 Å². The lowest BCUT2D eigenvalue weighted by molar-refractivity contribution is 0.600. The Morgan fingerprint density at radius 3 is 2.76 bits per heavy atom. The average molecular weight is 231 g/mol. The van der Waals surface area contributed by atoms with Gasteiger partial charge in [0.05, 0.1) is 12.2 Å². The van der Waals surface area contributed by atoms with Gasteiger partial charge in [-0.05, 0) is 31.5 Å². The van der Waals surface area contributed by atoms with Gasteiger partial charge in [-0.15, -0.1) is 5.10 Å². The zero-order chi connectivity index (χ0) is 12.3. The Morgan fingerprint density at radius 2 is 2.06 bits per heavy atom. The number of anilines is 1. The molecule has 1 N–H and O–H groups in total. The summed E-state index contributed by atoms with van der Waals surface area (Å²) in [4.78, 5) is 0. The van der Waals surface area contributed by atoms with Gasteiger partial charge in [0.2, 0.25) is 0 Å². The van der Waals surface area contributed by atoms with Crippen LogP contribution < -0.4 is 5.32 Å². The van der Waals surface area contributed by atoms with E-state index in [0.29, 0.717) is 11.4 Å². The third-order valence-electron chi connectivity index (χ3n) is 2.53. The van der Waals surface area contributed by atoms with Gasteiger partial charge in [-0.1, -0.05) is 18.2 Å². The molecule has 88 valence electrons. The van der Waals surface area contributed by atoms with Crippen LogP contribution in [-0.2, 0) is 0 Å². The number of rotatable bonds is 3. The molecule has 0 aliphatic rings. The molecule has 2 rings (SSSR count). The normalized spacial score (nSPS) is 12.2. The molecule has 1 unspecified atom stereocenters. The monoisotopic (exact) mass is 231 g/mol. The number of nitrogens with one attached hydrogen (secondary N) is 1. The van der Waals surface area contributed by atoms with Gasteiger partial charge in [0, 0.05) is 5.56 Å². The summed E-state index contributed by atoms with van der Waals surface area (Å²) in [6.45, 7) is 3.83. The highest BCUT2D eigenvalue weighted by Crippen LogP contribution is 2.20. The van der Waals surface area contributed by atoms with Gasteiger partial charge in [-0.25, -0.2) is 4.39 Å². The van der Waals surface area contributed by atoms with Crippen molar-refractivity contribution in [3.05, 3.63) is 53.5 Å². The lowest BCUT2D eigenvalue weighted by Crippen LogP contribution is -2.10. The number of aromatic nitrogens is 2. The van der Waals surface area contributed by atoms with E-state index >= 15 is 0 Å². The Hall–Kier alpha value is -1.97. The standard InChI is InChI=1S/C13H14FN3/c1-9-7-13(17-15-8-9)16-10(2)11-5-3-4-6-12(11)14/h3-8,10H,1-2H3,(H,16,17). The minimum absolute atomic E-state index is 0.146. The minimum Gasteiger partial charge on any atom is -0.362 e. The van der Waals surface area contributed by atoms with Crippen molar-refractivity contribution in [2.75, 3.05) is 5.32 Å². The van der Waals surface area contributed by atoms with Crippen molar-refractivity contribution in [1.29, 1.82) is 0 Å². The highest BCUT2D eigenvalue weighted by Gasteiger charge is 2.10. The molecule has 0 saturated heterocycles. The molecule has 0 fully saturated rings. The van der Waals surface area contributed by atoms with Gasteiger partial charge in [-0.2, -0.15) is 5.10 Å². The summed E-state index contributed by atoms with van der Waals surface area (Å²) in [5.74, 6) is 0.439. The molecule has 1 aromatic carbocycles. The third-order valence-corrected chi connectivity index (χ3v) is 2.53. The maximum Gasteiger partial charge on any atom is 0.149 e. The third kappa shape index (κ3) is 2.78. The maximum atomic E-state index is 13.5. The van der Waals surface area contributed by atoms with E-state index in [2.05, 4.69) is 15.5 Å². The number of aryl methyl sites for hydroxylation is 1. The molecule has 0 aliphatic carbocycles. The lowest BCUT2D eigenvalue weighted by Gasteiger charge is -2.15. The molecule has 0 aliphatic heterocycles. The van der Waals surface area contributed by atoms with Crippen LogP contribution in [0.3, 0.4) is 0 Å². The van der Waals surface area contributed by atoms with Crippen LogP contribution in [0, 0.1) is 12.7 Å².